The van der Waals surface area contributed by atoms with Gasteiger partial charge in [-0.05, 0) is 42.7 Å². The number of aliphatic imine (C=N–C) groups is 2. The lowest BCUT2D eigenvalue weighted by molar-refractivity contribution is -0.134. The van der Waals surface area contributed by atoms with Crippen LogP contribution in [0.2, 0.25) is 0 Å². The lowest BCUT2D eigenvalue weighted by Crippen LogP contribution is -2.68. The number of oxime groups is 1. The summed E-state index contributed by atoms with van der Waals surface area (Å²) in [4.78, 5) is 37.5. The molecule has 1 heterocycles. The van der Waals surface area contributed by atoms with Gasteiger partial charge in [0.2, 0.25) is 5.91 Å². The normalized spacial score (nSPS) is 19.9. The number of nitrogens with zero attached hydrogens (tertiary/aromatic N) is 3. The third-order valence-corrected chi connectivity index (χ3v) is 5.39. The Morgan fingerprint density at radius 1 is 1.26 bits per heavy atom. The first kappa shape index (κ1) is 26.7. The minimum absolute atomic E-state index is 0.0690. The van der Waals surface area contributed by atoms with E-state index in [2.05, 4.69) is 25.8 Å². The molecule has 1 saturated heterocycles. The summed E-state index contributed by atoms with van der Waals surface area (Å²) in [5.74, 6) is 0.139. The smallest absolute Gasteiger partial charge is 0.274 e. The second-order valence-electron chi connectivity index (χ2n) is 7.11. The number of carbonyl (C=O) groups excluding carboxylic acids is 2. The molecule has 0 bridgehead atoms. The Bertz CT molecular complexity index is 977. The Morgan fingerprint density at radius 2 is 1.97 bits per heavy atom. The monoisotopic (exact) mass is 490 g/mol. The average Bonchev–Trinajstić information content (AvgIpc) is 2.85. The highest BCUT2D eigenvalue weighted by Gasteiger charge is 2.37. The summed E-state index contributed by atoms with van der Waals surface area (Å²) < 4.78 is 5.70. The molecule has 13 heteroatoms. The van der Waals surface area contributed by atoms with Crippen molar-refractivity contribution in [2.45, 2.75) is 25.1 Å². The number of thioether (sulfide) groups is 1. The Morgan fingerprint density at radius 3 is 2.53 bits per heavy atom. The van der Waals surface area contributed by atoms with E-state index in [4.69, 9.17) is 26.8 Å². The number of rotatable bonds is 11. The average molecular weight is 491 g/mol. The molecule has 0 radical (unpaired) electrons. The van der Waals surface area contributed by atoms with Crippen LogP contribution in [-0.4, -0.2) is 74.0 Å². The topological polar surface area (TPSA) is 192 Å². The number of carbonyl (C=O) groups is 2. The van der Waals surface area contributed by atoms with Crippen LogP contribution in [0, 0.1) is 0 Å². The minimum Gasteiger partial charge on any atom is -0.490 e. The van der Waals surface area contributed by atoms with E-state index in [0.717, 1.165) is 17.3 Å². The van der Waals surface area contributed by atoms with Gasteiger partial charge in [-0.1, -0.05) is 16.9 Å². The maximum atomic E-state index is 12.7. The van der Waals surface area contributed by atoms with Crippen LogP contribution in [0.3, 0.4) is 0 Å². The van der Waals surface area contributed by atoms with Crippen molar-refractivity contribution < 1.29 is 19.2 Å². The number of hydrogen-bond acceptors (Lipinski definition) is 9. The molecule has 34 heavy (non-hydrogen) atoms. The Balaban J connectivity index is 2.04. The fourth-order valence-electron chi connectivity index (χ4n) is 2.62. The van der Waals surface area contributed by atoms with Crippen molar-refractivity contribution in [2.75, 3.05) is 27.2 Å². The molecule has 1 aromatic rings. The molecule has 8 N–H and O–H groups in total. The van der Waals surface area contributed by atoms with Gasteiger partial charge in [0.15, 0.2) is 17.0 Å². The highest BCUT2D eigenvalue weighted by molar-refractivity contribution is 8.16. The Kier molecular flexibility index (Phi) is 10.4. The van der Waals surface area contributed by atoms with E-state index < -0.39 is 18.1 Å². The van der Waals surface area contributed by atoms with Crippen LogP contribution in [0.1, 0.15) is 12.5 Å². The first-order valence-corrected chi connectivity index (χ1v) is 11.2. The number of amides is 2. The summed E-state index contributed by atoms with van der Waals surface area (Å²) in [6.07, 6.45) is 0.769. The maximum Gasteiger partial charge on any atom is 0.274 e. The molecule has 0 aromatic heterocycles. The van der Waals surface area contributed by atoms with Crippen LogP contribution in [0.15, 0.2) is 50.9 Å². The van der Waals surface area contributed by atoms with Crippen LogP contribution >= 0.6 is 11.8 Å². The molecule has 3 atom stereocenters. The predicted molar refractivity (Wildman–Crippen MR) is 134 cm³/mol. The summed E-state index contributed by atoms with van der Waals surface area (Å²) in [5, 5.41) is 11.0. The van der Waals surface area contributed by atoms with Gasteiger partial charge in [-0.2, -0.15) is 0 Å². The molecule has 1 aliphatic heterocycles. The molecule has 2 amide bonds. The molecule has 184 valence electrons. The fourth-order valence-corrected chi connectivity index (χ4v) is 3.06. The van der Waals surface area contributed by atoms with E-state index in [1.165, 1.54) is 11.5 Å². The van der Waals surface area contributed by atoms with Crippen LogP contribution in [0.25, 0.3) is 0 Å². The number of β-lactam (4-membered cyclic amide) rings is 1. The molecule has 2 rings (SSSR count). The summed E-state index contributed by atoms with van der Waals surface area (Å²) in [6, 6.07) is 6.21. The molecule has 0 spiro atoms. The molecule has 0 aliphatic carbocycles. The van der Waals surface area contributed by atoms with Crippen LogP contribution in [0.5, 0.6) is 5.75 Å². The third kappa shape index (κ3) is 7.78. The van der Waals surface area contributed by atoms with Gasteiger partial charge in [0.1, 0.15) is 24.2 Å². The van der Waals surface area contributed by atoms with Crippen molar-refractivity contribution in [3.8, 4) is 5.75 Å². The van der Waals surface area contributed by atoms with Crippen LogP contribution in [0.4, 0.5) is 0 Å². The van der Waals surface area contributed by atoms with Gasteiger partial charge in [0.05, 0.1) is 6.04 Å². The van der Waals surface area contributed by atoms with Gasteiger partial charge in [0.25, 0.3) is 5.91 Å². The number of hydrogen-bond donors (Lipinski definition) is 5. The summed E-state index contributed by atoms with van der Waals surface area (Å²) in [5.41, 5.74) is 17.9. The number of nitrogens with two attached hydrogens (primary N) is 3. The van der Waals surface area contributed by atoms with E-state index in [1.807, 2.05) is 0 Å². The van der Waals surface area contributed by atoms with E-state index in [1.54, 1.807) is 45.3 Å². The zero-order valence-corrected chi connectivity index (χ0v) is 20.0. The van der Waals surface area contributed by atoms with Crippen molar-refractivity contribution in [3.05, 3.63) is 41.3 Å². The summed E-state index contributed by atoms with van der Waals surface area (Å²) >= 11 is 1.10. The highest BCUT2D eigenvalue weighted by Crippen LogP contribution is 2.13. The van der Waals surface area contributed by atoms with Gasteiger partial charge < -0.3 is 37.4 Å². The molecule has 1 fully saturated rings. The molecule has 12 nitrogen and oxygen atoms in total. The van der Waals surface area contributed by atoms with Crippen LogP contribution < -0.4 is 32.6 Å². The van der Waals surface area contributed by atoms with E-state index in [0.29, 0.717) is 16.8 Å². The largest absolute Gasteiger partial charge is 0.490 e. The third-order valence-electron chi connectivity index (χ3n) is 4.70. The second kappa shape index (κ2) is 13.2. The van der Waals surface area contributed by atoms with Crippen molar-refractivity contribution in [1.82, 2.24) is 10.6 Å². The maximum absolute atomic E-state index is 12.7. The number of amidine groups is 2. The standard InChI is InChI=1S/C21H30N8O4S/c1-12-17(20(31)27-12)28-19(30)16(8-9-34-21(24)26-3)29-33-15(10-22)11-32-14-6-4-13(5-7-14)18(23)25-2/h4-9,12,15,17H,10-11,22H2,1-3H3,(H2,23,25)(H2,24,26)(H,27,31)(H,28,30)/b9-8+,29-16-/t12-,15?,17-/m0/s1. The molecule has 1 unspecified atom stereocenters. The Hall–Kier alpha value is -3.58. The first-order chi connectivity index (χ1) is 16.3. The first-order valence-electron chi connectivity index (χ1n) is 10.3. The van der Waals surface area contributed by atoms with Crippen molar-refractivity contribution >= 4 is 40.3 Å². The van der Waals surface area contributed by atoms with E-state index in [9.17, 15) is 9.59 Å². The number of ether oxygens (including phenoxy) is 1. The van der Waals surface area contributed by atoms with Crippen molar-refractivity contribution in [1.29, 1.82) is 0 Å². The fraction of sp³-hybridized carbons (Fsp3) is 0.381. The summed E-state index contributed by atoms with van der Waals surface area (Å²) in [7, 11) is 3.16. The van der Waals surface area contributed by atoms with Crippen LogP contribution in [-0.2, 0) is 14.4 Å². The molecular formula is C21H30N8O4S. The lowest BCUT2D eigenvalue weighted by Gasteiger charge is -2.34. The van der Waals surface area contributed by atoms with E-state index >= 15 is 0 Å². The lowest BCUT2D eigenvalue weighted by atomic mass is 10.0. The van der Waals surface area contributed by atoms with Gasteiger partial charge in [0, 0.05) is 26.2 Å². The molecule has 1 aromatic carbocycles. The molecule has 0 saturated carbocycles. The number of benzene rings is 1. The predicted octanol–water partition coefficient (Wildman–Crippen LogP) is -0.705. The van der Waals surface area contributed by atoms with Crippen molar-refractivity contribution in [3.63, 3.8) is 0 Å². The molecular weight excluding hydrogens is 460 g/mol. The highest BCUT2D eigenvalue weighted by atomic mass is 32.2. The zero-order valence-electron chi connectivity index (χ0n) is 19.2. The zero-order chi connectivity index (χ0) is 25.1. The van der Waals surface area contributed by atoms with Gasteiger partial charge in [-0.3, -0.25) is 19.6 Å². The molecule has 1 aliphatic rings. The number of nitrogens with one attached hydrogen (secondary N) is 2. The SMILES string of the molecule is CN=C(N)S/C=C/C(=N/OC(CN)COc1ccc(C(N)=NC)cc1)C(=O)N[C@@H]1C(=O)N[C@H]1C. The van der Waals surface area contributed by atoms with Gasteiger partial charge >= 0.3 is 0 Å². The Labute approximate surface area is 202 Å². The minimum atomic E-state index is -0.649. The van der Waals surface area contributed by atoms with Gasteiger partial charge in [-0.25, -0.2) is 0 Å². The quantitative estimate of drug-likeness (QED) is 0.116. The van der Waals surface area contributed by atoms with Crippen molar-refractivity contribution in [2.24, 2.45) is 32.3 Å². The van der Waals surface area contributed by atoms with Gasteiger partial charge in [-0.15, -0.1) is 0 Å². The van der Waals surface area contributed by atoms with E-state index in [-0.39, 0.29) is 30.8 Å². The second-order valence-corrected chi connectivity index (χ2v) is 8.04. The summed E-state index contributed by atoms with van der Waals surface area (Å²) in [6.45, 7) is 1.95.